The number of benzene rings is 3. The summed E-state index contributed by atoms with van der Waals surface area (Å²) in [7, 11) is -5.84. The lowest BCUT2D eigenvalue weighted by Gasteiger charge is -2.15. The lowest BCUT2D eigenvalue weighted by Crippen LogP contribution is -2.21. The number of halogens is 3. The summed E-state index contributed by atoms with van der Waals surface area (Å²) in [4.78, 5) is 24.9. The van der Waals surface area contributed by atoms with Crippen molar-refractivity contribution in [2.45, 2.75) is 25.9 Å². The third-order valence-electron chi connectivity index (χ3n) is 5.58. The molecule has 3 aromatic carbocycles. The first-order chi connectivity index (χ1) is 18.3. The van der Waals surface area contributed by atoms with E-state index in [1.807, 2.05) is 42.5 Å². The summed E-state index contributed by atoms with van der Waals surface area (Å²) in [5, 5.41) is 9.70. The standard InChI is InChI=1S/C26H25N3O2.CHF3O3S/c1-3-27-16-18-9-12-21(13-10-18)28-25(19-7-5-4-6-8-19)24-22-15-20(17(2)30)11-14-23(22)29-26(24)31;2-1(3,4)8(5,6)7/h4-15,27-28H,3,16H2,1-2H3,(H,29,31);(H,5,6,7). The zero-order valence-corrected chi connectivity index (χ0v) is 21.8. The average Bonchev–Trinajstić information content (AvgIpc) is 3.21. The quantitative estimate of drug-likeness (QED) is 0.133. The van der Waals surface area contributed by atoms with E-state index in [4.69, 9.17) is 13.0 Å². The molecule has 0 fully saturated rings. The van der Waals surface area contributed by atoms with Crippen LogP contribution < -0.4 is 16.0 Å². The van der Waals surface area contributed by atoms with Crippen LogP contribution >= 0.6 is 0 Å². The Morgan fingerprint density at radius 3 is 2.13 bits per heavy atom. The molecule has 0 spiro atoms. The number of hydrogen-bond acceptors (Lipinski definition) is 6. The van der Waals surface area contributed by atoms with Crippen LogP contribution in [-0.2, 0) is 21.5 Å². The average molecular weight is 562 g/mol. The minimum Gasteiger partial charge on any atom is -0.354 e. The van der Waals surface area contributed by atoms with Crippen LogP contribution in [0, 0.1) is 0 Å². The Bertz CT molecular complexity index is 1490. The molecule has 1 aliphatic heterocycles. The lowest BCUT2D eigenvalue weighted by molar-refractivity contribution is -0.110. The maximum atomic E-state index is 13.0. The van der Waals surface area contributed by atoms with Crippen molar-refractivity contribution in [3.05, 3.63) is 95.1 Å². The van der Waals surface area contributed by atoms with E-state index in [1.54, 1.807) is 18.2 Å². The zero-order chi connectivity index (χ0) is 28.8. The van der Waals surface area contributed by atoms with Gasteiger partial charge in [0.15, 0.2) is 5.78 Å². The van der Waals surface area contributed by atoms with Gasteiger partial charge in [0.05, 0.1) is 11.3 Å². The van der Waals surface area contributed by atoms with Gasteiger partial charge >= 0.3 is 15.6 Å². The largest absolute Gasteiger partial charge is 0.522 e. The molecular weight excluding hydrogens is 535 g/mol. The maximum Gasteiger partial charge on any atom is 0.522 e. The molecule has 206 valence electrons. The number of rotatable bonds is 7. The van der Waals surface area contributed by atoms with Crippen LogP contribution in [0.4, 0.5) is 24.5 Å². The number of nitrogens with one attached hydrogen (secondary N) is 3. The van der Waals surface area contributed by atoms with E-state index in [0.29, 0.717) is 22.5 Å². The number of amides is 1. The number of carbonyl (C=O) groups is 2. The van der Waals surface area contributed by atoms with Crippen LogP contribution in [-0.4, -0.2) is 36.7 Å². The van der Waals surface area contributed by atoms with Crippen LogP contribution in [0.2, 0.25) is 0 Å². The smallest absolute Gasteiger partial charge is 0.354 e. The summed E-state index contributed by atoms with van der Waals surface area (Å²) in [6, 6.07) is 23.2. The molecule has 0 saturated heterocycles. The van der Waals surface area contributed by atoms with E-state index < -0.39 is 15.6 Å². The van der Waals surface area contributed by atoms with Crippen molar-refractivity contribution in [3.63, 3.8) is 0 Å². The fraction of sp³-hybridized carbons (Fsp3) is 0.185. The molecule has 0 aromatic heterocycles. The highest BCUT2D eigenvalue weighted by Crippen LogP contribution is 2.38. The number of Topliss-reactive ketones (excluding diaryl/α,β-unsaturated/α-hetero) is 1. The maximum absolute atomic E-state index is 13.0. The summed E-state index contributed by atoms with van der Waals surface area (Å²) in [5.41, 5.74) is 0.685. The minimum absolute atomic E-state index is 0.0352. The Kier molecular flexibility index (Phi) is 9.28. The van der Waals surface area contributed by atoms with E-state index >= 15 is 0 Å². The molecule has 1 heterocycles. The van der Waals surface area contributed by atoms with Gasteiger partial charge in [0.1, 0.15) is 0 Å². The summed E-state index contributed by atoms with van der Waals surface area (Å²) >= 11 is 0. The highest BCUT2D eigenvalue weighted by molar-refractivity contribution is 7.86. The lowest BCUT2D eigenvalue weighted by atomic mass is 9.97. The van der Waals surface area contributed by atoms with Crippen LogP contribution in [0.25, 0.3) is 11.3 Å². The van der Waals surface area contributed by atoms with Crippen LogP contribution in [0.15, 0.2) is 72.8 Å². The van der Waals surface area contributed by atoms with Crippen molar-refractivity contribution < 1.29 is 35.7 Å². The molecule has 4 N–H and O–H groups in total. The van der Waals surface area contributed by atoms with Gasteiger partial charge in [-0.1, -0.05) is 49.4 Å². The van der Waals surface area contributed by atoms with E-state index in [9.17, 15) is 22.8 Å². The highest BCUT2D eigenvalue weighted by atomic mass is 32.2. The van der Waals surface area contributed by atoms with Gasteiger partial charge < -0.3 is 16.0 Å². The SMILES string of the molecule is CCNCc1ccc(NC(=C2C(=O)Nc3ccc(C(C)=O)cc32)c2ccccc2)cc1.O=S(=O)(O)C(F)(F)F. The summed E-state index contributed by atoms with van der Waals surface area (Å²) in [5.74, 6) is -0.224. The second-order valence-electron chi connectivity index (χ2n) is 8.41. The molecule has 0 radical (unpaired) electrons. The van der Waals surface area contributed by atoms with E-state index in [2.05, 4.69) is 35.0 Å². The monoisotopic (exact) mass is 561 g/mol. The van der Waals surface area contributed by atoms with Gasteiger partial charge in [-0.05, 0) is 54.9 Å². The molecule has 0 saturated carbocycles. The Labute approximate surface area is 223 Å². The number of alkyl halides is 3. The third-order valence-corrected chi connectivity index (χ3v) is 6.16. The van der Waals surface area contributed by atoms with Crippen LogP contribution in [0.1, 0.15) is 40.9 Å². The second-order valence-corrected chi connectivity index (χ2v) is 9.82. The molecular formula is C27H26F3N3O5S. The predicted molar refractivity (Wildman–Crippen MR) is 143 cm³/mol. The van der Waals surface area contributed by atoms with Crippen LogP contribution in [0.3, 0.4) is 0 Å². The number of anilines is 2. The van der Waals surface area contributed by atoms with Gasteiger partial charge in [0, 0.05) is 29.0 Å². The van der Waals surface area contributed by atoms with Crippen LogP contribution in [0.5, 0.6) is 0 Å². The van der Waals surface area contributed by atoms with Crippen molar-refractivity contribution in [1.29, 1.82) is 0 Å². The van der Waals surface area contributed by atoms with E-state index in [1.165, 1.54) is 12.5 Å². The molecule has 0 aliphatic carbocycles. The predicted octanol–water partition coefficient (Wildman–Crippen LogP) is 5.33. The van der Waals surface area contributed by atoms with Gasteiger partial charge in [-0.3, -0.25) is 14.1 Å². The molecule has 0 bridgehead atoms. The number of ketones is 1. The molecule has 8 nitrogen and oxygen atoms in total. The van der Waals surface area contributed by atoms with Gasteiger partial charge in [0.25, 0.3) is 5.91 Å². The molecule has 1 amide bonds. The van der Waals surface area contributed by atoms with Crippen molar-refractivity contribution in [2.75, 3.05) is 17.2 Å². The van der Waals surface area contributed by atoms with Crippen molar-refractivity contribution in [3.8, 4) is 0 Å². The van der Waals surface area contributed by atoms with Gasteiger partial charge in [0.2, 0.25) is 0 Å². The minimum atomic E-state index is -5.84. The zero-order valence-electron chi connectivity index (χ0n) is 21.0. The Morgan fingerprint density at radius 2 is 1.59 bits per heavy atom. The van der Waals surface area contributed by atoms with Gasteiger partial charge in [-0.15, -0.1) is 0 Å². The van der Waals surface area contributed by atoms with Gasteiger partial charge in [-0.25, -0.2) is 0 Å². The molecule has 39 heavy (non-hydrogen) atoms. The highest BCUT2D eigenvalue weighted by Gasteiger charge is 2.44. The first-order valence-corrected chi connectivity index (χ1v) is 13.1. The Hall–Kier alpha value is -4.00. The molecule has 3 aromatic rings. The second kappa shape index (κ2) is 12.2. The first kappa shape index (κ1) is 29.6. The number of fused-ring (bicyclic) bond motifs is 1. The third kappa shape index (κ3) is 7.53. The first-order valence-electron chi connectivity index (χ1n) is 11.7. The topological polar surface area (TPSA) is 125 Å². The fourth-order valence-electron chi connectivity index (χ4n) is 3.64. The van der Waals surface area contributed by atoms with E-state index in [0.717, 1.165) is 29.9 Å². The van der Waals surface area contributed by atoms with Gasteiger partial charge in [-0.2, -0.15) is 21.6 Å². The Balaban J connectivity index is 0.000000459. The number of carbonyl (C=O) groups excluding carboxylic acids is 2. The molecule has 0 atom stereocenters. The molecule has 1 aliphatic rings. The molecule has 4 rings (SSSR count). The summed E-state index contributed by atoms with van der Waals surface area (Å²) < 4.78 is 57.5. The summed E-state index contributed by atoms with van der Waals surface area (Å²) in [6.07, 6.45) is 0. The van der Waals surface area contributed by atoms with Crippen molar-refractivity contribution >= 4 is 44.5 Å². The molecule has 0 unspecified atom stereocenters. The normalized spacial score (nSPS) is 14.1. The fourth-order valence-corrected chi connectivity index (χ4v) is 3.64. The molecule has 12 heteroatoms. The summed E-state index contributed by atoms with van der Waals surface area (Å²) in [6.45, 7) is 5.34. The van der Waals surface area contributed by atoms with Crippen molar-refractivity contribution in [2.24, 2.45) is 0 Å². The van der Waals surface area contributed by atoms with E-state index in [-0.39, 0.29) is 11.7 Å². The number of hydrogen-bond donors (Lipinski definition) is 4. The Morgan fingerprint density at radius 1 is 0.974 bits per heavy atom. The van der Waals surface area contributed by atoms with Crippen molar-refractivity contribution in [1.82, 2.24) is 5.32 Å².